The number of alkyl halides is 3. The van der Waals surface area contributed by atoms with Crippen LogP contribution in [0.2, 0.25) is 0 Å². The quantitative estimate of drug-likeness (QED) is 0.329. The minimum atomic E-state index is -4.64. The topological polar surface area (TPSA) is 75.7 Å². The van der Waals surface area contributed by atoms with Gasteiger partial charge in [-0.3, -0.25) is 18.7 Å². The number of aryl methyl sites for hydroxylation is 1. The Morgan fingerprint density at radius 1 is 1.07 bits per heavy atom. The molecule has 3 aromatic heterocycles. The summed E-state index contributed by atoms with van der Waals surface area (Å²) in [6.07, 6.45) is 3.06. The van der Waals surface area contributed by atoms with Crippen molar-refractivity contribution in [2.45, 2.75) is 51.7 Å². The number of fused-ring (bicyclic) bond motifs is 1. The molecule has 0 N–H and O–H groups in total. The van der Waals surface area contributed by atoms with Gasteiger partial charge in [0, 0.05) is 64.2 Å². The average Bonchev–Trinajstić information content (AvgIpc) is 3.26. The number of nitrogens with zero attached hydrogens (tertiary/aromatic N) is 6. The highest BCUT2D eigenvalue weighted by Gasteiger charge is 2.35. The highest BCUT2D eigenvalue weighted by molar-refractivity contribution is 5.73. The fourth-order valence-corrected chi connectivity index (χ4v) is 6.23. The van der Waals surface area contributed by atoms with Crippen LogP contribution in [0, 0.1) is 12.8 Å². The summed E-state index contributed by atoms with van der Waals surface area (Å²) in [6.45, 7) is 5.90. The molecule has 1 aliphatic heterocycles. The van der Waals surface area contributed by atoms with Gasteiger partial charge in [-0.05, 0) is 66.6 Å². The minimum absolute atomic E-state index is 0.0130. The Kier molecular flexibility index (Phi) is 7.38. The number of imidazole rings is 1. The Bertz CT molecular complexity index is 1680. The Labute approximate surface area is 241 Å². The maximum absolute atomic E-state index is 14.3. The molecule has 1 saturated carbocycles. The first kappa shape index (κ1) is 28.1. The largest absolute Gasteiger partial charge is 0.418 e. The van der Waals surface area contributed by atoms with Crippen LogP contribution in [0.15, 0.2) is 59.8 Å². The first-order chi connectivity index (χ1) is 20.1. The standard InChI is InChI=1S/C31H33F3N6O2/c1-20-9-10-35-36-29(20)28(23-5-3-6-23)24-7-4-8-25(16-24)39-19-27-26(31(32,33)34)15-22(18-40(27)30(39)42)17-37-11-13-38(14-12-37)21(2)41/h4,7-10,15-16,18-19,23,28H,3,5-6,11-14,17H2,1-2H3/t28-/m0/s1. The monoisotopic (exact) mass is 578 g/mol. The van der Waals surface area contributed by atoms with Crippen molar-refractivity contribution in [3.05, 3.63) is 93.4 Å². The van der Waals surface area contributed by atoms with Gasteiger partial charge in [0.25, 0.3) is 0 Å². The van der Waals surface area contributed by atoms with Crippen molar-refractivity contribution in [3.63, 3.8) is 0 Å². The summed E-state index contributed by atoms with van der Waals surface area (Å²) in [4.78, 5) is 29.0. The summed E-state index contributed by atoms with van der Waals surface area (Å²) >= 11 is 0. The third-order valence-electron chi connectivity index (χ3n) is 8.74. The third-order valence-corrected chi connectivity index (χ3v) is 8.74. The Balaban J connectivity index is 1.38. The highest BCUT2D eigenvalue weighted by Crippen LogP contribution is 2.43. The molecule has 0 unspecified atom stereocenters. The SMILES string of the molecule is CC(=O)N1CCN(Cc2cc(C(F)(F)F)c3cn(-c4cccc([C@@H](c5nnccc5C)C5CCC5)c4)c(=O)n3c2)CC1. The molecule has 220 valence electrons. The van der Waals surface area contributed by atoms with Crippen LogP contribution in [0.5, 0.6) is 0 Å². The molecular formula is C31H33F3N6O2. The lowest BCUT2D eigenvalue weighted by molar-refractivity contribution is -0.136. The number of rotatable bonds is 6. The van der Waals surface area contributed by atoms with Crippen molar-refractivity contribution in [1.29, 1.82) is 0 Å². The Morgan fingerprint density at radius 2 is 1.83 bits per heavy atom. The zero-order valence-corrected chi connectivity index (χ0v) is 23.6. The summed E-state index contributed by atoms with van der Waals surface area (Å²) in [5, 5.41) is 8.57. The van der Waals surface area contributed by atoms with Gasteiger partial charge in [-0.15, -0.1) is 0 Å². The Morgan fingerprint density at radius 3 is 2.48 bits per heavy atom. The first-order valence-corrected chi connectivity index (χ1v) is 14.3. The van der Waals surface area contributed by atoms with Crippen LogP contribution in [-0.2, 0) is 17.5 Å². The van der Waals surface area contributed by atoms with Crippen LogP contribution < -0.4 is 5.69 Å². The number of halogens is 3. The van der Waals surface area contributed by atoms with E-state index in [1.165, 1.54) is 23.9 Å². The molecule has 6 rings (SSSR count). The second-order valence-corrected chi connectivity index (χ2v) is 11.4. The predicted molar refractivity (Wildman–Crippen MR) is 151 cm³/mol. The number of carbonyl (C=O) groups is 1. The van der Waals surface area contributed by atoms with Gasteiger partial charge in [-0.2, -0.15) is 23.4 Å². The van der Waals surface area contributed by atoms with E-state index in [0.29, 0.717) is 43.3 Å². The van der Waals surface area contributed by atoms with Gasteiger partial charge in [-0.1, -0.05) is 18.6 Å². The molecule has 1 atom stereocenters. The van der Waals surface area contributed by atoms with Crippen molar-refractivity contribution < 1.29 is 18.0 Å². The predicted octanol–water partition coefficient (Wildman–Crippen LogP) is 4.80. The maximum atomic E-state index is 14.3. The molecule has 2 aliphatic rings. The molecule has 0 radical (unpaired) electrons. The van der Waals surface area contributed by atoms with Crippen molar-refractivity contribution in [3.8, 4) is 5.69 Å². The van der Waals surface area contributed by atoms with Crippen LogP contribution in [-0.4, -0.2) is 61.1 Å². The van der Waals surface area contributed by atoms with E-state index in [1.54, 1.807) is 17.2 Å². The molecule has 4 heterocycles. The fraction of sp³-hybridized carbons (Fsp3) is 0.419. The second kappa shape index (κ2) is 11.0. The van der Waals surface area contributed by atoms with E-state index >= 15 is 0 Å². The number of amides is 1. The molecule has 8 nitrogen and oxygen atoms in total. The second-order valence-electron chi connectivity index (χ2n) is 11.4. The fourth-order valence-electron chi connectivity index (χ4n) is 6.23. The van der Waals surface area contributed by atoms with Crippen LogP contribution >= 0.6 is 0 Å². The highest BCUT2D eigenvalue weighted by atomic mass is 19.4. The summed E-state index contributed by atoms with van der Waals surface area (Å²) in [7, 11) is 0. The molecule has 4 aromatic rings. The number of hydrogen-bond acceptors (Lipinski definition) is 5. The van der Waals surface area contributed by atoms with Crippen molar-refractivity contribution in [1.82, 2.24) is 29.0 Å². The molecule has 11 heteroatoms. The van der Waals surface area contributed by atoms with E-state index in [9.17, 15) is 22.8 Å². The summed E-state index contributed by atoms with van der Waals surface area (Å²) in [5.74, 6) is 0.358. The zero-order chi connectivity index (χ0) is 29.6. The molecular weight excluding hydrogens is 545 g/mol. The van der Waals surface area contributed by atoms with Crippen molar-refractivity contribution >= 4 is 11.4 Å². The number of aromatic nitrogens is 4. The summed E-state index contributed by atoms with van der Waals surface area (Å²) in [6, 6.07) is 10.5. The van der Waals surface area contributed by atoms with E-state index in [0.717, 1.165) is 46.6 Å². The molecule has 42 heavy (non-hydrogen) atoms. The zero-order valence-electron chi connectivity index (χ0n) is 23.6. The first-order valence-electron chi connectivity index (χ1n) is 14.3. The van der Waals surface area contributed by atoms with E-state index in [1.807, 2.05) is 36.1 Å². The van der Waals surface area contributed by atoms with Gasteiger partial charge in [0.15, 0.2) is 0 Å². The number of carbonyl (C=O) groups excluding carboxylic acids is 1. The van der Waals surface area contributed by atoms with Crippen molar-refractivity contribution in [2.24, 2.45) is 5.92 Å². The van der Waals surface area contributed by atoms with E-state index in [2.05, 4.69) is 10.2 Å². The van der Waals surface area contributed by atoms with Crippen LogP contribution in [0.3, 0.4) is 0 Å². The molecule has 1 aliphatic carbocycles. The Hall–Kier alpha value is -3.99. The lowest BCUT2D eigenvalue weighted by Gasteiger charge is -2.34. The molecule has 1 aromatic carbocycles. The summed E-state index contributed by atoms with van der Waals surface area (Å²) < 4.78 is 45.3. The van der Waals surface area contributed by atoms with E-state index in [-0.39, 0.29) is 23.9 Å². The average molecular weight is 579 g/mol. The van der Waals surface area contributed by atoms with Crippen LogP contribution in [0.1, 0.15) is 60.1 Å². The van der Waals surface area contributed by atoms with Gasteiger partial charge in [0.2, 0.25) is 5.91 Å². The summed E-state index contributed by atoms with van der Waals surface area (Å²) in [5.41, 5.74) is 2.17. The lowest BCUT2D eigenvalue weighted by atomic mass is 9.71. The van der Waals surface area contributed by atoms with E-state index in [4.69, 9.17) is 0 Å². The van der Waals surface area contributed by atoms with Gasteiger partial charge in [-0.25, -0.2) is 4.79 Å². The number of piperazine rings is 1. The van der Waals surface area contributed by atoms with Crippen molar-refractivity contribution in [2.75, 3.05) is 26.2 Å². The smallest absolute Gasteiger partial charge is 0.340 e. The molecule has 0 bridgehead atoms. The van der Waals surface area contributed by atoms with Crippen LogP contribution in [0.4, 0.5) is 13.2 Å². The lowest BCUT2D eigenvalue weighted by Crippen LogP contribution is -2.47. The van der Waals surface area contributed by atoms with Gasteiger partial charge < -0.3 is 4.90 Å². The minimum Gasteiger partial charge on any atom is -0.340 e. The third kappa shape index (κ3) is 5.33. The molecule has 0 spiro atoms. The number of hydrogen-bond donors (Lipinski definition) is 0. The maximum Gasteiger partial charge on any atom is 0.418 e. The number of pyridine rings is 1. The van der Waals surface area contributed by atoms with Gasteiger partial charge in [0.05, 0.1) is 22.5 Å². The molecule has 2 fully saturated rings. The molecule has 1 saturated heterocycles. The van der Waals surface area contributed by atoms with Gasteiger partial charge in [0.1, 0.15) is 0 Å². The van der Waals surface area contributed by atoms with E-state index < -0.39 is 17.4 Å². The van der Waals surface area contributed by atoms with Gasteiger partial charge >= 0.3 is 11.9 Å². The van der Waals surface area contributed by atoms with Crippen LogP contribution in [0.25, 0.3) is 11.2 Å². The molecule has 1 amide bonds. The normalized spacial score (nSPS) is 17.4. The number of benzene rings is 1.